The van der Waals surface area contributed by atoms with Crippen LogP contribution in [-0.2, 0) is 20.6 Å². The second-order valence-corrected chi connectivity index (χ2v) is 3.00. The first-order valence-corrected chi connectivity index (χ1v) is 4.66. The van der Waals surface area contributed by atoms with E-state index in [1.54, 1.807) is 0 Å². The van der Waals surface area contributed by atoms with E-state index in [0.29, 0.717) is 11.1 Å². The molecule has 0 fully saturated rings. The molecule has 1 aromatic carbocycles. The van der Waals surface area contributed by atoms with Crippen molar-refractivity contribution in [1.29, 1.82) is 0 Å². The Morgan fingerprint density at radius 1 is 1.19 bits per heavy atom. The van der Waals surface area contributed by atoms with Crippen LogP contribution >= 0.6 is 0 Å². The molecule has 0 atom stereocenters. The summed E-state index contributed by atoms with van der Waals surface area (Å²) < 4.78 is 24.5. The number of benzene rings is 1. The Labute approximate surface area is 97.0 Å². The zero-order valence-corrected chi connectivity index (χ0v) is 9.15. The molecule has 0 unspecified atom stereocenters. The molecule has 4 nitrogen and oxygen atoms in total. The highest BCUT2D eigenvalue weighted by molar-refractivity contribution is 5.89. The normalized spacial score (nSPS) is 12.4. The summed E-state index contributed by atoms with van der Waals surface area (Å²) in [5, 5.41) is 0. The first kappa shape index (κ1) is 9.39. The van der Waals surface area contributed by atoms with Gasteiger partial charge in [0.1, 0.15) is 0 Å². The van der Waals surface area contributed by atoms with E-state index in [9.17, 15) is 9.59 Å². The van der Waals surface area contributed by atoms with Gasteiger partial charge < -0.3 is 9.47 Å². The quantitative estimate of drug-likeness (QED) is 0.728. The van der Waals surface area contributed by atoms with Gasteiger partial charge in [-0.15, -0.1) is 0 Å². The van der Waals surface area contributed by atoms with Crippen LogP contribution in [0.15, 0.2) is 24.3 Å². The molecule has 1 aromatic rings. The topological polar surface area (TPSA) is 52.6 Å². The molecule has 0 spiro atoms. The minimum atomic E-state index is -1.83. The summed E-state index contributed by atoms with van der Waals surface area (Å²) in [6.45, 7) is 0. The van der Waals surface area contributed by atoms with Crippen LogP contribution in [0.25, 0.3) is 0 Å². The molecule has 86 valence electrons. The van der Waals surface area contributed by atoms with Gasteiger partial charge in [-0.1, -0.05) is 12.1 Å². The van der Waals surface area contributed by atoms with Crippen molar-refractivity contribution in [1.82, 2.24) is 0 Å². The predicted molar refractivity (Wildman–Crippen MR) is 58.1 cm³/mol. The summed E-state index contributed by atoms with van der Waals surface area (Å²) in [5.41, 5.74) is 0.635. The van der Waals surface area contributed by atoms with E-state index in [1.165, 1.54) is 38.5 Å². The van der Waals surface area contributed by atoms with Crippen LogP contribution < -0.4 is 0 Å². The Kier molecular flexibility index (Phi) is 3.46. The van der Waals surface area contributed by atoms with Crippen molar-refractivity contribution in [2.45, 2.75) is 12.8 Å². The van der Waals surface area contributed by atoms with Crippen LogP contribution in [-0.4, -0.2) is 26.2 Å². The number of hydrogen-bond acceptors (Lipinski definition) is 4. The van der Waals surface area contributed by atoms with Gasteiger partial charge in [0.25, 0.3) is 0 Å². The fraction of sp³-hybridized carbons (Fsp3) is 0.333. The van der Waals surface area contributed by atoms with Gasteiger partial charge in [0.05, 0.1) is 19.8 Å². The minimum Gasteiger partial charge on any atom is -0.469 e. The van der Waals surface area contributed by atoms with Gasteiger partial charge in [0, 0.05) is 9.16 Å². The molecular formula is C12H14O4. The lowest BCUT2D eigenvalue weighted by Gasteiger charge is -2.02. The van der Waals surface area contributed by atoms with Gasteiger partial charge in [-0.3, -0.25) is 4.79 Å². The van der Waals surface area contributed by atoms with Gasteiger partial charge in [0.15, 0.2) is 0 Å². The number of methoxy groups -OCH3 is 2. The van der Waals surface area contributed by atoms with Crippen LogP contribution in [0, 0.1) is 0 Å². The Bertz CT molecular complexity index is 440. The lowest BCUT2D eigenvalue weighted by molar-refractivity contribution is -0.140. The molecule has 16 heavy (non-hydrogen) atoms. The fourth-order valence-electron chi connectivity index (χ4n) is 1.09. The van der Waals surface area contributed by atoms with Crippen molar-refractivity contribution in [3.05, 3.63) is 35.4 Å². The summed E-state index contributed by atoms with van der Waals surface area (Å²) in [5.74, 6) is -1.12. The molecule has 0 aliphatic carbocycles. The molecule has 0 aliphatic rings. The van der Waals surface area contributed by atoms with Crippen molar-refractivity contribution in [3.63, 3.8) is 0 Å². The van der Waals surface area contributed by atoms with Gasteiger partial charge in [0.2, 0.25) is 0 Å². The van der Waals surface area contributed by atoms with Crippen LogP contribution in [0.3, 0.4) is 0 Å². The van der Waals surface area contributed by atoms with Gasteiger partial charge >= 0.3 is 11.9 Å². The second-order valence-electron chi connectivity index (χ2n) is 3.00. The molecule has 1 rings (SSSR count). The predicted octanol–water partition coefficient (Wildman–Crippen LogP) is 1.58. The Morgan fingerprint density at radius 3 is 2.31 bits per heavy atom. The Hall–Kier alpha value is -1.84. The first-order chi connectivity index (χ1) is 8.40. The van der Waals surface area contributed by atoms with Crippen molar-refractivity contribution >= 4 is 11.9 Å². The largest absolute Gasteiger partial charge is 0.469 e. The van der Waals surface area contributed by atoms with Gasteiger partial charge in [-0.2, -0.15) is 0 Å². The molecule has 0 aliphatic heterocycles. The summed E-state index contributed by atoms with van der Waals surface area (Å²) in [6.07, 6.45) is -2.21. The monoisotopic (exact) mass is 224 g/mol. The molecule has 0 radical (unpaired) electrons. The van der Waals surface area contributed by atoms with Crippen LogP contribution in [0.1, 0.15) is 25.1 Å². The lowest BCUT2D eigenvalue weighted by Crippen LogP contribution is -2.03. The second kappa shape index (κ2) is 5.90. The third-order valence-electron chi connectivity index (χ3n) is 1.97. The standard InChI is InChI=1S/C12H14O4/c1-15-11(13)8-5-9-3-6-10(7-4-9)12(14)16-2/h3-4,6-7H,5,8H2,1-2H3/i5D2. The van der Waals surface area contributed by atoms with Crippen molar-refractivity contribution in [2.24, 2.45) is 0 Å². The maximum atomic E-state index is 11.2. The highest BCUT2D eigenvalue weighted by Gasteiger charge is 2.05. The third-order valence-corrected chi connectivity index (χ3v) is 1.97. The highest BCUT2D eigenvalue weighted by atomic mass is 16.5. The van der Waals surface area contributed by atoms with Gasteiger partial charge in [-0.05, 0) is 24.1 Å². The van der Waals surface area contributed by atoms with Crippen molar-refractivity contribution in [3.8, 4) is 0 Å². The molecule has 4 heteroatoms. The summed E-state index contributed by atoms with van der Waals surface area (Å²) >= 11 is 0. The number of esters is 2. The first-order valence-electron chi connectivity index (χ1n) is 5.66. The summed E-state index contributed by atoms with van der Waals surface area (Å²) in [7, 11) is 2.48. The smallest absolute Gasteiger partial charge is 0.337 e. The maximum absolute atomic E-state index is 11.2. The summed E-state index contributed by atoms with van der Waals surface area (Å²) in [4.78, 5) is 22.3. The molecule has 0 aromatic heterocycles. The van der Waals surface area contributed by atoms with Crippen molar-refractivity contribution in [2.75, 3.05) is 14.2 Å². The zero-order chi connectivity index (χ0) is 13.8. The van der Waals surface area contributed by atoms with E-state index in [1.807, 2.05) is 0 Å². The molecule has 0 saturated carbocycles. The van der Waals surface area contributed by atoms with E-state index >= 15 is 0 Å². The molecular weight excluding hydrogens is 208 g/mol. The van der Waals surface area contributed by atoms with Crippen molar-refractivity contribution < 1.29 is 21.8 Å². The number of ether oxygens (including phenoxy) is 2. The van der Waals surface area contributed by atoms with Crippen LogP contribution in [0.5, 0.6) is 0 Å². The minimum absolute atomic E-state index is 0.306. The molecule has 0 heterocycles. The maximum Gasteiger partial charge on any atom is 0.337 e. The average molecular weight is 224 g/mol. The summed E-state index contributed by atoms with van der Waals surface area (Å²) in [6, 6.07) is 5.82. The molecule has 0 amide bonds. The number of rotatable bonds is 4. The van der Waals surface area contributed by atoms with E-state index in [-0.39, 0.29) is 6.42 Å². The number of aryl methyl sites for hydroxylation is 1. The Morgan fingerprint density at radius 2 is 1.81 bits per heavy atom. The van der Waals surface area contributed by atoms with E-state index in [4.69, 9.17) is 2.74 Å². The molecule has 0 N–H and O–H groups in total. The zero-order valence-electron chi connectivity index (χ0n) is 11.1. The SMILES string of the molecule is [2H]C([2H])(CC(=O)OC)c1ccc(C(=O)OC)cc1. The number of hydrogen-bond donors (Lipinski definition) is 0. The van der Waals surface area contributed by atoms with E-state index in [2.05, 4.69) is 9.47 Å². The fourth-order valence-corrected chi connectivity index (χ4v) is 1.09. The van der Waals surface area contributed by atoms with Gasteiger partial charge in [-0.25, -0.2) is 4.79 Å². The van der Waals surface area contributed by atoms with E-state index < -0.39 is 18.3 Å². The average Bonchev–Trinajstić information content (AvgIpc) is 2.37. The van der Waals surface area contributed by atoms with Crippen LogP contribution in [0.2, 0.25) is 0 Å². The highest BCUT2D eigenvalue weighted by Crippen LogP contribution is 2.08. The third kappa shape index (κ3) is 3.38. The van der Waals surface area contributed by atoms with Crippen LogP contribution in [0.4, 0.5) is 0 Å². The Balaban J connectivity index is 2.90. The van der Waals surface area contributed by atoms with E-state index in [0.717, 1.165) is 0 Å². The lowest BCUT2D eigenvalue weighted by atomic mass is 10.1. The molecule has 0 saturated heterocycles. The molecule has 0 bridgehead atoms. The number of carbonyl (C=O) groups excluding carboxylic acids is 2. The number of carbonyl (C=O) groups is 2.